The summed E-state index contributed by atoms with van der Waals surface area (Å²) >= 11 is 0. The van der Waals surface area contributed by atoms with Crippen LogP contribution in [0.1, 0.15) is 104 Å². The highest BCUT2D eigenvalue weighted by molar-refractivity contribution is 6.18. The Morgan fingerprint density at radius 1 is 0.754 bits per heavy atom. The number of hydrogen-bond acceptors (Lipinski definition) is 11. The van der Waals surface area contributed by atoms with Crippen LogP contribution in [0.4, 0.5) is 37.5 Å². The van der Waals surface area contributed by atoms with E-state index >= 15 is 0 Å². The third kappa shape index (κ3) is 14.3. The number of nitrogens with one attached hydrogen (secondary N) is 1. The molecule has 1 atom stereocenters. The van der Waals surface area contributed by atoms with Crippen molar-refractivity contribution in [1.82, 2.24) is 15.0 Å². The van der Waals surface area contributed by atoms with Crippen molar-refractivity contribution in [1.29, 1.82) is 0 Å². The molecule has 3 aromatic carbocycles. The molecule has 1 amide bonds. The maximum atomic E-state index is 14.3. The number of ether oxygens (including phenoxy) is 1. The smallest absolute Gasteiger partial charge is 0.329 e. The number of benzene rings is 3. The number of hydrazone groups is 1. The maximum Gasteiger partial charge on any atom is 0.329 e. The fourth-order valence-electron chi connectivity index (χ4n) is 6.04. The first-order chi connectivity index (χ1) is 27.9. The van der Waals surface area contributed by atoms with Gasteiger partial charge in [-0.15, -0.1) is 10.1 Å². The molecule has 0 saturated heterocycles. The van der Waals surface area contributed by atoms with E-state index in [4.69, 9.17) is 4.74 Å². The lowest BCUT2D eigenvalue weighted by atomic mass is 10.1. The number of amides is 1. The maximum absolute atomic E-state index is 14.3. The Morgan fingerprint density at radius 3 is 2.14 bits per heavy atom. The highest BCUT2D eigenvalue weighted by Crippen LogP contribution is 2.29. The molecule has 4 aromatic rings. The molecule has 1 aromatic heterocycles. The largest absolute Gasteiger partial charge is 0.424 e. The molecule has 1 aliphatic heterocycles. The minimum absolute atomic E-state index is 0.0890. The summed E-state index contributed by atoms with van der Waals surface area (Å²) in [6.07, 6.45) is 20.9. The number of aromatic nitrogens is 3. The number of allylic oxidation sites excluding steroid dienone is 2. The average Bonchev–Trinajstić information content (AvgIpc) is 3.50. The van der Waals surface area contributed by atoms with Crippen LogP contribution in [0.15, 0.2) is 111 Å². The van der Waals surface area contributed by atoms with E-state index in [9.17, 15) is 13.6 Å². The molecule has 0 saturated carbocycles. The van der Waals surface area contributed by atoms with Gasteiger partial charge >= 0.3 is 12.1 Å². The number of hydrogen-bond donors (Lipinski definition) is 1. The number of unbranched alkanes of at least 4 members (excludes halogenated alkanes) is 12. The molecule has 1 aliphatic rings. The molecule has 300 valence electrons. The topological polar surface area (TPSA) is 142 Å². The predicted molar refractivity (Wildman–Crippen MR) is 220 cm³/mol. The van der Waals surface area contributed by atoms with Gasteiger partial charge in [0.05, 0.1) is 22.8 Å². The van der Waals surface area contributed by atoms with Crippen molar-refractivity contribution >= 4 is 40.3 Å². The summed E-state index contributed by atoms with van der Waals surface area (Å²) in [5.74, 6) is -0.512. The number of azo groups is 2. The Morgan fingerprint density at radius 2 is 1.42 bits per heavy atom. The Bertz CT molecular complexity index is 1990. The van der Waals surface area contributed by atoms with Crippen LogP contribution >= 0.6 is 0 Å². The molecule has 14 heteroatoms. The van der Waals surface area contributed by atoms with Crippen LogP contribution in [0.5, 0.6) is 11.8 Å². The SMILES string of the molecule is CCCCCCCCC=CCCCCCCCCNc1nc(F)nc(Oc2cccc(N3N=C(C)C(N=Nc4ccc(N=Nc5ccccc5F)cc4)C3=O)c2)n1. The second-order valence-electron chi connectivity index (χ2n) is 13.9. The Hall–Kier alpha value is -5.79. The van der Waals surface area contributed by atoms with Crippen LogP contribution < -0.4 is 15.1 Å². The van der Waals surface area contributed by atoms with E-state index in [2.05, 4.69) is 64.9 Å². The standard InChI is InChI=1S/C43H52F2N10O2/c1-3-4-5-6-7-8-9-10-11-12-13-14-15-16-17-20-30-46-42-47-41(45)48-43(49-42)57-36-23-21-22-35(31-36)55-40(56)39(32(2)54-55)53-51-34-28-26-33(27-29-34)50-52-38-25-19-18-24-37(38)44/h10-11,18-19,21-29,31,39H,3-9,12-17,20,30H2,1-2H3,(H,46,47,48,49). The molecule has 5 rings (SSSR count). The molecule has 1 unspecified atom stereocenters. The lowest BCUT2D eigenvalue weighted by Gasteiger charge is -2.14. The Kier molecular flexibility index (Phi) is 17.3. The Balaban J connectivity index is 1.02. The van der Waals surface area contributed by atoms with Gasteiger partial charge in [0.2, 0.25) is 5.95 Å². The molecule has 0 fully saturated rings. The second-order valence-corrected chi connectivity index (χ2v) is 13.9. The van der Waals surface area contributed by atoms with Gasteiger partial charge in [0.25, 0.3) is 5.91 Å². The number of halogens is 2. The summed E-state index contributed by atoms with van der Waals surface area (Å²) in [7, 11) is 0. The van der Waals surface area contributed by atoms with Gasteiger partial charge in [-0.05, 0) is 87.6 Å². The van der Waals surface area contributed by atoms with Crippen LogP contribution in [0.2, 0.25) is 0 Å². The zero-order valence-electron chi connectivity index (χ0n) is 32.9. The van der Waals surface area contributed by atoms with Gasteiger partial charge in [-0.1, -0.05) is 95.1 Å². The quantitative estimate of drug-likeness (QED) is 0.0426. The number of rotatable bonds is 24. The van der Waals surface area contributed by atoms with Gasteiger partial charge in [-0.25, -0.2) is 4.39 Å². The third-order valence-corrected chi connectivity index (χ3v) is 9.19. The number of carbonyl (C=O) groups is 1. The van der Waals surface area contributed by atoms with Crippen molar-refractivity contribution in [3.05, 3.63) is 96.8 Å². The fourth-order valence-corrected chi connectivity index (χ4v) is 6.04. The summed E-state index contributed by atoms with van der Waals surface area (Å²) in [5.41, 5.74) is 1.97. The fraction of sp³-hybridized carbons (Fsp3) is 0.419. The van der Waals surface area contributed by atoms with E-state index in [0.29, 0.717) is 29.3 Å². The van der Waals surface area contributed by atoms with Crippen molar-refractivity contribution in [2.75, 3.05) is 16.9 Å². The van der Waals surface area contributed by atoms with Crippen LogP contribution in [0, 0.1) is 11.9 Å². The van der Waals surface area contributed by atoms with Crippen molar-refractivity contribution in [3.8, 4) is 11.8 Å². The number of nitrogens with zero attached hydrogens (tertiary/aromatic N) is 9. The van der Waals surface area contributed by atoms with Gasteiger partial charge < -0.3 is 10.1 Å². The summed E-state index contributed by atoms with van der Waals surface area (Å²) in [6, 6.07) is 18.2. The number of carbonyl (C=O) groups excluding carboxylic acids is 1. The van der Waals surface area contributed by atoms with Crippen LogP contribution in [0.25, 0.3) is 0 Å². The molecule has 57 heavy (non-hydrogen) atoms. The minimum atomic E-state index is -0.968. The molecule has 12 nitrogen and oxygen atoms in total. The molecular formula is C43H52F2N10O2. The highest BCUT2D eigenvalue weighted by Gasteiger charge is 2.35. The van der Waals surface area contributed by atoms with Crippen molar-refractivity contribution < 1.29 is 18.3 Å². The van der Waals surface area contributed by atoms with Gasteiger partial charge in [0.15, 0.2) is 11.9 Å². The van der Waals surface area contributed by atoms with E-state index in [1.807, 2.05) is 0 Å². The van der Waals surface area contributed by atoms with Crippen molar-refractivity contribution in [2.45, 2.75) is 110 Å². The molecule has 1 N–H and O–H groups in total. The lowest BCUT2D eigenvalue weighted by Crippen LogP contribution is -2.29. The van der Waals surface area contributed by atoms with Crippen molar-refractivity contribution in [3.63, 3.8) is 0 Å². The van der Waals surface area contributed by atoms with E-state index in [-0.39, 0.29) is 23.4 Å². The summed E-state index contributed by atoms with van der Waals surface area (Å²) in [4.78, 5) is 25.0. The second kappa shape index (κ2) is 23.3. The molecular weight excluding hydrogens is 727 g/mol. The normalized spacial score (nSPS) is 14.4. The van der Waals surface area contributed by atoms with Gasteiger partial charge in [0, 0.05) is 12.6 Å². The van der Waals surface area contributed by atoms with E-state index in [1.54, 1.807) is 67.6 Å². The summed E-state index contributed by atoms with van der Waals surface area (Å²) in [5, 5.41) is 25.1. The predicted octanol–water partition coefficient (Wildman–Crippen LogP) is 12.7. The first-order valence-corrected chi connectivity index (χ1v) is 20.0. The molecule has 0 radical (unpaired) electrons. The zero-order valence-corrected chi connectivity index (χ0v) is 32.9. The first kappa shape index (κ1) is 42.4. The van der Waals surface area contributed by atoms with Crippen LogP contribution in [0.3, 0.4) is 0 Å². The monoisotopic (exact) mass is 778 g/mol. The van der Waals surface area contributed by atoms with Gasteiger partial charge in [0.1, 0.15) is 11.4 Å². The van der Waals surface area contributed by atoms with Crippen LogP contribution in [-0.2, 0) is 4.79 Å². The van der Waals surface area contributed by atoms with Gasteiger partial charge in [-0.2, -0.15) is 39.8 Å². The summed E-state index contributed by atoms with van der Waals surface area (Å²) in [6.45, 7) is 4.54. The van der Waals surface area contributed by atoms with Gasteiger partial charge in [-0.3, -0.25) is 4.79 Å². The van der Waals surface area contributed by atoms with E-state index < -0.39 is 23.8 Å². The molecule has 0 aliphatic carbocycles. The average molecular weight is 779 g/mol. The highest BCUT2D eigenvalue weighted by atomic mass is 19.1. The Labute approximate surface area is 333 Å². The lowest BCUT2D eigenvalue weighted by molar-refractivity contribution is -0.117. The third-order valence-electron chi connectivity index (χ3n) is 9.19. The molecule has 0 spiro atoms. The van der Waals surface area contributed by atoms with E-state index in [0.717, 1.165) is 25.7 Å². The summed E-state index contributed by atoms with van der Waals surface area (Å²) < 4.78 is 33.9. The molecule has 0 bridgehead atoms. The van der Waals surface area contributed by atoms with E-state index in [1.165, 1.54) is 81.3 Å². The zero-order chi connectivity index (χ0) is 40.1. The number of anilines is 2. The minimum Gasteiger partial charge on any atom is -0.424 e. The van der Waals surface area contributed by atoms with Crippen molar-refractivity contribution in [2.24, 2.45) is 25.6 Å². The first-order valence-electron chi connectivity index (χ1n) is 20.0. The molecule has 2 heterocycles. The van der Waals surface area contributed by atoms with Crippen LogP contribution in [-0.4, -0.2) is 39.2 Å².